The van der Waals surface area contributed by atoms with Gasteiger partial charge in [-0.1, -0.05) is 0 Å². The molecular weight excluding hydrogens is 266 g/mol. The maximum absolute atomic E-state index is 12.7. The highest BCUT2D eigenvalue weighted by molar-refractivity contribution is 6.04. The van der Waals surface area contributed by atoms with E-state index in [1.54, 1.807) is 22.1 Å². The van der Waals surface area contributed by atoms with Crippen molar-refractivity contribution < 1.29 is 4.79 Å². The predicted octanol–water partition coefficient (Wildman–Crippen LogP) is 2.02. The Hall–Kier alpha value is -2.24. The van der Waals surface area contributed by atoms with Crippen LogP contribution in [0.25, 0.3) is 0 Å². The number of nitrogens with zero attached hydrogens (tertiary/aromatic N) is 5. The van der Waals surface area contributed by atoms with Crippen LogP contribution in [0.1, 0.15) is 43.5 Å². The van der Waals surface area contributed by atoms with Gasteiger partial charge in [0.25, 0.3) is 5.91 Å². The van der Waals surface area contributed by atoms with E-state index in [2.05, 4.69) is 15.1 Å². The fourth-order valence-electron chi connectivity index (χ4n) is 2.41. The Morgan fingerprint density at radius 3 is 2.81 bits per heavy atom. The summed E-state index contributed by atoms with van der Waals surface area (Å²) in [5, 5.41) is 4.32. The Kier molecular flexibility index (Phi) is 3.23. The predicted molar refractivity (Wildman–Crippen MR) is 79.3 cm³/mol. The Labute approximate surface area is 123 Å². The topological polar surface area (TPSA) is 63.9 Å². The van der Waals surface area contributed by atoms with Gasteiger partial charge in [0.2, 0.25) is 5.82 Å². The van der Waals surface area contributed by atoms with E-state index in [1.807, 2.05) is 32.9 Å². The van der Waals surface area contributed by atoms with Gasteiger partial charge >= 0.3 is 0 Å². The Bertz CT molecular complexity index is 671. The van der Waals surface area contributed by atoms with Gasteiger partial charge in [-0.3, -0.25) is 9.78 Å². The number of aromatic nitrogens is 4. The van der Waals surface area contributed by atoms with Gasteiger partial charge < -0.3 is 4.90 Å². The van der Waals surface area contributed by atoms with Crippen LogP contribution in [0.5, 0.6) is 0 Å². The molecule has 0 aliphatic carbocycles. The highest BCUT2D eigenvalue weighted by atomic mass is 16.2. The second-order valence-corrected chi connectivity index (χ2v) is 6.21. The number of rotatable bonds is 1. The van der Waals surface area contributed by atoms with Crippen LogP contribution >= 0.6 is 0 Å². The summed E-state index contributed by atoms with van der Waals surface area (Å²) in [6.07, 6.45) is 5.19. The van der Waals surface area contributed by atoms with Crippen molar-refractivity contribution in [3.63, 3.8) is 0 Å². The van der Waals surface area contributed by atoms with E-state index in [0.29, 0.717) is 6.54 Å². The largest absolute Gasteiger partial charge is 0.304 e. The third kappa shape index (κ3) is 2.53. The van der Waals surface area contributed by atoms with Gasteiger partial charge in [0.1, 0.15) is 6.33 Å². The molecule has 1 aliphatic rings. The van der Waals surface area contributed by atoms with Gasteiger partial charge in [-0.25, -0.2) is 9.67 Å². The highest BCUT2D eigenvalue weighted by Gasteiger charge is 2.27. The average Bonchev–Trinajstić information content (AvgIpc) is 2.96. The molecule has 1 aliphatic heterocycles. The van der Waals surface area contributed by atoms with Crippen molar-refractivity contribution in [2.45, 2.75) is 39.2 Å². The van der Waals surface area contributed by atoms with Crippen molar-refractivity contribution in [2.75, 3.05) is 11.4 Å². The molecule has 0 saturated heterocycles. The minimum atomic E-state index is -0.188. The summed E-state index contributed by atoms with van der Waals surface area (Å²) < 4.78 is 1.72. The highest BCUT2D eigenvalue weighted by Crippen LogP contribution is 2.26. The van der Waals surface area contributed by atoms with Crippen molar-refractivity contribution in [1.29, 1.82) is 0 Å². The molecule has 0 fully saturated rings. The second-order valence-electron chi connectivity index (χ2n) is 6.21. The number of aryl methyl sites for hydroxylation is 1. The summed E-state index contributed by atoms with van der Waals surface area (Å²) in [4.78, 5) is 22.9. The molecule has 2 aromatic rings. The first kappa shape index (κ1) is 13.7. The summed E-state index contributed by atoms with van der Waals surface area (Å²) in [6, 6.07) is 3.78. The summed E-state index contributed by atoms with van der Waals surface area (Å²) in [6.45, 7) is 6.75. The zero-order valence-electron chi connectivity index (χ0n) is 12.6. The minimum Gasteiger partial charge on any atom is -0.304 e. The molecule has 0 unspecified atom stereocenters. The SMILES string of the molecule is CC(C)(C)n1cnc(C(=O)N2CCCc3ncccc32)n1. The number of pyridine rings is 1. The van der Waals surface area contributed by atoms with Crippen LogP contribution in [0.4, 0.5) is 5.69 Å². The number of hydrogen-bond acceptors (Lipinski definition) is 4. The van der Waals surface area contributed by atoms with Crippen LogP contribution in [0, 0.1) is 0 Å². The Morgan fingerprint density at radius 1 is 1.29 bits per heavy atom. The lowest BCUT2D eigenvalue weighted by molar-refractivity contribution is 0.0974. The third-order valence-corrected chi connectivity index (χ3v) is 3.57. The van der Waals surface area contributed by atoms with Crippen molar-refractivity contribution in [3.05, 3.63) is 36.2 Å². The zero-order chi connectivity index (χ0) is 15.0. The van der Waals surface area contributed by atoms with Crippen molar-refractivity contribution in [2.24, 2.45) is 0 Å². The van der Waals surface area contributed by atoms with Gasteiger partial charge in [-0.05, 0) is 45.7 Å². The van der Waals surface area contributed by atoms with Crippen LogP contribution < -0.4 is 4.90 Å². The molecule has 110 valence electrons. The van der Waals surface area contributed by atoms with Gasteiger partial charge in [0, 0.05) is 12.7 Å². The summed E-state index contributed by atoms with van der Waals surface area (Å²) in [5.41, 5.74) is 1.65. The molecule has 6 nitrogen and oxygen atoms in total. The van der Waals surface area contributed by atoms with Crippen molar-refractivity contribution >= 4 is 11.6 Å². The molecule has 3 rings (SSSR count). The fourth-order valence-corrected chi connectivity index (χ4v) is 2.41. The van der Waals surface area contributed by atoms with E-state index in [0.717, 1.165) is 24.2 Å². The van der Waals surface area contributed by atoms with E-state index < -0.39 is 0 Å². The van der Waals surface area contributed by atoms with E-state index >= 15 is 0 Å². The summed E-state index contributed by atoms with van der Waals surface area (Å²) in [7, 11) is 0. The number of carbonyl (C=O) groups is 1. The van der Waals surface area contributed by atoms with E-state index in [4.69, 9.17) is 0 Å². The van der Waals surface area contributed by atoms with Crippen LogP contribution in [0.3, 0.4) is 0 Å². The van der Waals surface area contributed by atoms with Gasteiger partial charge in [0.15, 0.2) is 0 Å². The normalized spacial score (nSPS) is 14.9. The lowest BCUT2D eigenvalue weighted by Gasteiger charge is -2.27. The van der Waals surface area contributed by atoms with Gasteiger partial charge in [-0.2, -0.15) is 0 Å². The number of carbonyl (C=O) groups excluding carboxylic acids is 1. The maximum Gasteiger partial charge on any atom is 0.297 e. The molecule has 21 heavy (non-hydrogen) atoms. The van der Waals surface area contributed by atoms with Crippen LogP contribution in [-0.2, 0) is 12.0 Å². The van der Waals surface area contributed by atoms with E-state index in [9.17, 15) is 4.79 Å². The number of fused-ring (bicyclic) bond motifs is 1. The minimum absolute atomic E-state index is 0.160. The quantitative estimate of drug-likeness (QED) is 0.804. The lowest BCUT2D eigenvalue weighted by Crippen LogP contribution is -2.36. The molecule has 0 aromatic carbocycles. The number of hydrogen-bond donors (Lipinski definition) is 0. The molecule has 0 radical (unpaired) electrons. The molecule has 3 heterocycles. The summed E-state index contributed by atoms with van der Waals surface area (Å²) >= 11 is 0. The van der Waals surface area contributed by atoms with Crippen molar-refractivity contribution in [1.82, 2.24) is 19.7 Å². The first-order valence-corrected chi connectivity index (χ1v) is 7.15. The smallest absolute Gasteiger partial charge is 0.297 e. The van der Waals surface area contributed by atoms with E-state index in [1.165, 1.54) is 0 Å². The molecule has 0 bridgehead atoms. The Balaban J connectivity index is 1.92. The maximum atomic E-state index is 12.7. The van der Waals surface area contributed by atoms with Crippen LogP contribution in [0.2, 0.25) is 0 Å². The second kappa shape index (κ2) is 4.95. The molecule has 0 atom stereocenters. The number of amides is 1. The first-order valence-electron chi connectivity index (χ1n) is 7.15. The van der Waals surface area contributed by atoms with Crippen LogP contribution in [-0.4, -0.2) is 32.2 Å². The number of anilines is 1. The van der Waals surface area contributed by atoms with Crippen molar-refractivity contribution in [3.8, 4) is 0 Å². The third-order valence-electron chi connectivity index (χ3n) is 3.57. The lowest BCUT2D eigenvalue weighted by atomic mass is 10.1. The molecule has 0 N–H and O–H groups in total. The monoisotopic (exact) mass is 285 g/mol. The molecule has 2 aromatic heterocycles. The fraction of sp³-hybridized carbons (Fsp3) is 0.467. The molecule has 0 spiro atoms. The molecule has 1 amide bonds. The Morgan fingerprint density at radius 2 is 2.10 bits per heavy atom. The van der Waals surface area contributed by atoms with Gasteiger partial charge in [-0.15, -0.1) is 5.10 Å². The molecule has 6 heteroatoms. The van der Waals surface area contributed by atoms with Gasteiger partial charge in [0.05, 0.1) is 16.9 Å². The summed E-state index contributed by atoms with van der Waals surface area (Å²) in [5.74, 6) is 0.0774. The molecule has 0 saturated carbocycles. The zero-order valence-corrected chi connectivity index (χ0v) is 12.6. The van der Waals surface area contributed by atoms with E-state index in [-0.39, 0.29) is 17.3 Å². The average molecular weight is 285 g/mol. The first-order chi connectivity index (χ1) is 9.97. The van der Waals surface area contributed by atoms with Crippen LogP contribution in [0.15, 0.2) is 24.7 Å². The standard InChI is InChI=1S/C15H19N5O/c1-15(2,3)20-10-17-13(18-20)14(21)19-9-5-6-11-12(19)7-4-8-16-11/h4,7-8,10H,5-6,9H2,1-3H3. The molecular formula is C15H19N5O.